The smallest absolute Gasteiger partial charge is 0.258 e. The van der Waals surface area contributed by atoms with Gasteiger partial charge in [0.15, 0.2) is 0 Å². The summed E-state index contributed by atoms with van der Waals surface area (Å²) in [7, 11) is 0. The molecule has 0 amide bonds. The molecule has 0 atom stereocenters. The predicted octanol–water partition coefficient (Wildman–Crippen LogP) is 3.57. The first-order valence-electron chi connectivity index (χ1n) is 6.02. The molecule has 3 rings (SSSR count). The van der Waals surface area contributed by atoms with Crippen LogP contribution < -0.4 is 4.74 Å². The van der Waals surface area contributed by atoms with Gasteiger partial charge in [0.2, 0.25) is 0 Å². The Morgan fingerprint density at radius 1 is 1.00 bits per heavy atom. The van der Waals surface area contributed by atoms with Gasteiger partial charge in [-0.05, 0) is 30.2 Å². The second-order valence-electron chi connectivity index (χ2n) is 4.31. The van der Waals surface area contributed by atoms with E-state index in [9.17, 15) is 0 Å². The molecular weight excluding hydrogens is 238 g/mol. The number of aromatic amines is 1. The van der Waals surface area contributed by atoms with Crippen molar-refractivity contribution >= 4 is 0 Å². The molecule has 0 aliphatic heterocycles. The second kappa shape index (κ2) is 4.94. The summed E-state index contributed by atoms with van der Waals surface area (Å²) in [5.41, 5.74) is 3.52. The van der Waals surface area contributed by atoms with E-state index in [0.717, 1.165) is 11.3 Å². The molecule has 0 unspecified atom stereocenters. The topological polar surface area (TPSA) is 50.8 Å². The van der Waals surface area contributed by atoms with Crippen LogP contribution in [-0.2, 0) is 0 Å². The molecule has 1 N–H and O–H groups in total. The van der Waals surface area contributed by atoms with E-state index in [1.807, 2.05) is 18.2 Å². The summed E-state index contributed by atoms with van der Waals surface area (Å²) in [6.45, 7) is 2.08. The van der Waals surface area contributed by atoms with Crippen LogP contribution in [0.5, 0.6) is 11.6 Å². The molecule has 4 heteroatoms. The van der Waals surface area contributed by atoms with Crippen LogP contribution in [0.1, 0.15) is 5.56 Å². The monoisotopic (exact) mass is 251 g/mol. The Balaban J connectivity index is 1.91. The Bertz CT molecular complexity index is 677. The van der Waals surface area contributed by atoms with E-state index in [0.29, 0.717) is 5.88 Å². The fraction of sp³-hybridized carbons (Fsp3) is 0.0667. The summed E-state index contributed by atoms with van der Waals surface area (Å²) < 4.78 is 5.61. The standard InChI is InChI=1S/C15H13N3O/c1-11-4-2-5-12(8-11)13-6-3-7-14(9-13)19-15-10-16-18-17-15/h2-10H,1H3,(H,16,17,18). The highest BCUT2D eigenvalue weighted by Crippen LogP contribution is 2.26. The highest BCUT2D eigenvalue weighted by atomic mass is 16.5. The van der Waals surface area contributed by atoms with Gasteiger partial charge in [-0.2, -0.15) is 10.3 Å². The molecule has 0 aliphatic carbocycles. The first-order chi connectivity index (χ1) is 9.31. The third-order valence-electron chi connectivity index (χ3n) is 2.80. The Labute approximate surface area is 111 Å². The maximum absolute atomic E-state index is 5.61. The second-order valence-corrected chi connectivity index (χ2v) is 4.31. The van der Waals surface area contributed by atoms with E-state index in [1.54, 1.807) is 6.20 Å². The number of hydrogen-bond acceptors (Lipinski definition) is 3. The van der Waals surface area contributed by atoms with Gasteiger partial charge >= 0.3 is 0 Å². The van der Waals surface area contributed by atoms with Crippen LogP contribution in [0.25, 0.3) is 11.1 Å². The summed E-state index contributed by atoms with van der Waals surface area (Å²) in [5, 5.41) is 10.1. The summed E-state index contributed by atoms with van der Waals surface area (Å²) in [4.78, 5) is 0. The molecule has 0 radical (unpaired) electrons. The third kappa shape index (κ3) is 2.63. The van der Waals surface area contributed by atoms with Gasteiger partial charge in [0.05, 0.1) is 0 Å². The molecule has 1 heterocycles. The average Bonchev–Trinajstić information content (AvgIpc) is 2.92. The summed E-state index contributed by atoms with van der Waals surface area (Å²) >= 11 is 0. The fourth-order valence-corrected chi connectivity index (χ4v) is 1.92. The Hall–Kier alpha value is -2.62. The van der Waals surface area contributed by atoms with E-state index in [1.165, 1.54) is 11.1 Å². The number of rotatable bonds is 3. The molecule has 94 valence electrons. The maximum Gasteiger partial charge on any atom is 0.258 e. The van der Waals surface area contributed by atoms with Crippen LogP contribution in [0.15, 0.2) is 54.7 Å². The highest BCUT2D eigenvalue weighted by molar-refractivity contribution is 5.65. The number of aryl methyl sites for hydroxylation is 1. The number of nitrogens with zero attached hydrogens (tertiary/aromatic N) is 2. The van der Waals surface area contributed by atoms with Crippen LogP contribution in [-0.4, -0.2) is 15.4 Å². The van der Waals surface area contributed by atoms with Crippen LogP contribution in [0.2, 0.25) is 0 Å². The Kier molecular flexibility index (Phi) is 2.98. The predicted molar refractivity (Wildman–Crippen MR) is 73.1 cm³/mol. The van der Waals surface area contributed by atoms with Crippen molar-refractivity contribution in [1.29, 1.82) is 0 Å². The van der Waals surface area contributed by atoms with Gasteiger partial charge < -0.3 is 4.74 Å². The third-order valence-corrected chi connectivity index (χ3v) is 2.80. The van der Waals surface area contributed by atoms with Gasteiger partial charge in [0.25, 0.3) is 5.88 Å². The lowest BCUT2D eigenvalue weighted by atomic mass is 10.0. The van der Waals surface area contributed by atoms with Gasteiger partial charge in [-0.25, -0.2) is 0 Å². The number of aromatic nitrogens is 3. The van der Waals surface area contributed by atoms with Gasteiger partial charge in [-0.1, -0.05) is 42.0 Å². The van der Waals surface area contributed by atoms with Gasteiger partial charge in [-0.15, -0.1) is 5.10 Å². The van der Waals surface area contributed by atoms with Crippen molar-refractivity contribution in [2.24, 2.45) is 0 Å². The fourth-order valence-electron chi connectivity index (χ4n) is 1.92. The number of H-pyrrole nitrogens is 1. The van der Waals surface area contributed by atoms with Gasteiger partial charge in [-0.3, -0.25) is 0 Å². The lowest BCUT2D eigenvalue weighted by molar-refractivity contribution is 0.462. The lowest BCUT2D eigenvalue weighted by Gasteiger charge is -2.06. The first kappa shape index (κ1) is 11.5. The Morgan fingerprint density at radius 2 is 1.79 bits per heavy atom. The van der Waals surface area contributed by atoms with Crippen molar-refractivity contribution in [2.75, 3.05) is 0 Å². The van der Waals surface area contributed by atoms with E-state index in [2.05, 4.69) is 52.7 Å². The van der Waals surface area contributed by atoms with Gasteiger partial charge in [0.1, 0.15) is 11.9 Å². The SMILES string of the molecule is Cc1cccc(-c2cccc(Oc3cn[nH]n3)c2)c1. The van der Waals surface area contributed by atoms with Crippen LogP contribution in [0.4, 0.5) is 0 Å². The maximum atomic E-state index is 5.61. The quantitative estimate of drug-likeness (QED) is 0.774. The zero-order chi connectivity index (χ0) is 13.1. The lowest BCUT2D eigenvalue weighted by Crippen LogP contribution is -1.85. The molecule has 0 saturated heterocycles. The number of hydrogen-bond donors (Lipinski definition) is 1. The van der Waals surface area contributed by atoms with Gasteiger partial charge in [0, 0.05) is 0 Å². The van der Waals surface area contributed by atoms with E-state index < -0.39 is 0 Å². The molecule has 0 saturated carbocycles. The zero-order valence-electron chi connectivity index (χ0n) is 10.5. The molecule has 4 nitrogen and oxygen atoms in total. The molecule has 1 aromatic heterocycles. The van der Waals surface area contributed by atoms with Crippen molar-refractivity contribution < 1.29 is 4.74 Å². The molecule has 0 aliphatic rings. The van der Waals surface area contributed by atoms with Crippen LogP contribution in [0, 0.1) is 6.92 Å². The molecule has 0 spiro atoms. The van der Waals surface area contributed by atoms with Crippen LogP contribution >= 0.6 is 0 Å². The van der Waals surface area contributed by atoms with Crippen molar-refractivity contribution in [2.45, 2.75) is 6.92 Å². The molecule has 2 aromatic carbocycles. The van der Waals surface area contributed by atoms with Crippen molar-refractivity contribution in [3.63, 3.8) is 0 Å². The van der Waals surface area contributed by atoms with E-state index in [4.69, 9.17) is 4.74 Å². The van der Waals surface area contributed by atoms with Crippen molar-refractivity contribution in [1.82, 2.24) is 15.4 Å². The van der Waals surface area contributed by atoms with Crippen molar-refractivity contribution in [3.8, 4) is 22.8 Å². The Morgan fingerprint density at radius 3 is 2.53 bits per heavy atom. The molecular formula is C15H13N3O. The zero-order valence-corrected chi connectivity index (χ0v) is 10.5. The largest absolute Gasteiger partial charge is 0.436 e. The number of nitrogens with one attached hydrogen (secondary N) is 1. The number of ether oxygens (including phenoxy) is 1. The normalized spacial score (nSPS) is 10.4. The van der Waals surface area contributed by atoms with Crippen LogP contribution in [0.3, 0.4) is 0 Å². The molecule has 0 bridgehead atoms. The first-order valence-corrected chi connectivity index (χ1v) is 6.02. The average molecular weight is 251 g/mol. The minimum absolute atomic E-state index is 0.460. The summed E-state index contributed by atoms with van der Waals surface area (Å²) in [6, 6.07) is 16.3. The van der Waals surface area contributed by atoms with Crippen molar-refractivity contribution in [3.05, 3.63) is 60.3 Å². The minimum atomic E-state index is 0.460. The minimum Gasteiger partial charge on any atom is -0.436 e. The summed E-state index contributed by atoms with van der Waals surface area (Å²) in [6.07, 6.45) is 1.54. The highest BCUT2D eigenvalue weighted by Gasteiger charge is 2.03. The summed E-state index contributed by atoms with van der Waals surface area (Å²) in [5.74, 6) is 1.20. The molecule has 3 aromatic rings. The molecule has 0 fully saturated rings. The van der Waals surface area contributed by atoms with E-state index in [-0.39, 0.29) is 0 Å². The number of benzene rings is 2. The molecule has 19 heavy (non-hydrogen) atoms. The van der Waals surface area contributed by atoms with E-state index >= 15 is 0 Å².